The molecule has 0 atom stereocenters. The molecule has 110 valence electrons. The third kappa shape index (κ3) is 3.58. The lowest BCUT2D eigenvalue weighted by Crippen LogP contribution is -2.22. The van der Waals surface area contributed by atoms with Gasteiger partial charge in [-0.2, -0.15) is 4.80 Å². The molecule has 3 N–H and O–H groups in total. The Morgan fingerprint density at radius 1 is 1.29 bits per heavy atom. The number of carbonyl (C=O) groups is 2. The van der Waals surface area contributed by atoms with E-state index in [2.05, 4.69) is 26.0 Å². The molecule has 0 saturated heterocycles. The van der Waals surface area contributed by atoms with Gasteiger partial charge in [0.15, 0.2) is 0 Å². The second-order valence-corrected chi connectivity index (χ2v) is 4.64. The van der Waals surface area contributed by atoms with E-state index in [1.54, 1.807) is 0 Å². The van der Waals surface area contributed by atoms with Crippen LogP contribution in [-0.2, 0) is 7.05 Å². The van der Waals surface area contributed by atoms with E-state index in [1.165, 1.54) is 19.2 Å². The van der Waals surface area contributed by atoms with Crippen LogP contribution in [0.4, 0.5) is 16.4 Å². The molecule has 0 aliphatic heterocycles. The number of aryl methyl sites for hydroxylation is 1. The van der Waals surface area contributed by atoms with Gasteiger partial charge in [0, 0.05) is 5.02 Å². The first-order chi connectivity index (χ1) is 9.86. The lowest BCUT2D eigenvalue weighted by molar-refractivity contribution is 0.0698. The lowest BCUT2D eigenvalue weighted by Gasteiger charge is -2.10. The van der Waals surface area contributed by atoms with Crippen LogP contribution < -0.4 is 10.6 Å². The van der Waals surface area contributed by atoms with Crippen LogP contribution in [0.1, 0.15) is 10.4 Å². The average Bonchev–Trinajstić information content (AvgIpc) is 2.77. The fourth-order valence-corrected chi connectivity index (χ4v) is 1.99. The Balaban J connectivity index is 2.22. The van der Waals surface area contributed by atoms with Crippen molar-refractivity contribution in [1.82, 2.24) is 20.2 Å². The number of benzene rings is 1. The van der Waals surface area contributed by atoms with Crippen molar-refractivity contribution in [1.29, 1.82) is 0 Å². The molecule has 21 heavy (non-hydrogen) atoms. The van der Waals surface area contributed by atoms with Gasteiger partial charge >= 0.3 is 12.0 Å². The first-order valence-corrected chi connectivity index (χ1v) is 6.16. The quantitative estimate of drug-likeness (QED) is 0.789. The van der Waals surface area contributed by atoms with E-state index in [0.29, 0.717) is 0 Å². The monoisotopic (exact) mass is 330 g/mol. The largest absolute Gasteiger partial charge is 0.478 e. The summed E-state index contributed by atoms with van der Waals surface area (Å²) in [4.78, 5) is 24.1. The molecule has 1 heterocycles. The minimum Gasteiger partial charge on any atom is -0.478 e. The highest BCUT2D eigenvalue weighted by molar-refractivity contribution is 6.37. The maximum Gasteiger partial charge on any atom is 0.337 e. The summed E-state index contributed by atoms with van der Waals surface area (Å²) >= 11 is 11.6. The Kier molecular flexibility index (Phi) is 4.24. The number of rotatable bonds is 3. The molecule has 0 radical (unpaired) electrons. The molecule has 1 aromatic carbocycles. The molecule has 2 rings (SSSR count). The molecule has 11 heteroatoms. The molecule has 0 aliphatic rings. The summed E-state index contributed by atoms with van der Waals surface area (Å²) in [5.41, 5.74) is -0.329. The fraction of sp³-hybridized carbons (Fsp3) is 0.100. The molecular weight excluding hydrogens is 323 g/mol. The Bertz CT molecular complexity index is 717. The van der Waals surface area contributed by atoms with Crippen LogP contribution in [0.5, 0.6) is 0 Å². The molecule has 0 fully saturated rings. The molecular formula is C10H8Cl2N6O3. The van der Waals surface area contributed by atoms with Gasteiger partial charge in [-0.15, -0.1) is 5.10 Å². The first kappa shape index (κ1) is 15.0. The number of hydrogen-bond donors (Lipinski definition) is 3. The first-order valence-electron chi connectivity index (χ1n) is 5.41. The Labute approximate surface area is 127 Å². The Hall–Kier alpha value is -2.39. The number of hydrogen-bond acceptors (Lipinski definition) is 5. The average molecular weight is 331 g/mol. The number of carboxylic acid groups (broad SMARTS) is 1. The van der Waals surface area contributed by atoms with Crippen molar-refractivity contribution in [2.45, 2.75) is 0 Å². The highest BCUT2D eigenvalue weighted by Gasteiger charge is 2.18. The number of carboxylic acids is 1. The Morgan fingerprint density at radius 3 is 2.57 bits per heavy atom. The van der Waals surface area contributed by atoms with E-state index in [1.807, 2.05) is 0 Å². The van der Waals surface area contributed by atoms with E-state index >= 15 is 0 Å². The number of aromatic nitrogens is 4. The number of nitrogens with zero attached hydrogens (tertiary/aromatic N) is 4. The van der Waals surface area contributed by atoms with Gasteiger partial charge in [-0.1, -0.05) is 28.3 Å². The highest BCUT2D eigenvalue weighted by atomic mass is 35.5. The van der Waals surface area contributed by atoms with Crippen molar-refractivity contribution in [2.75, 3.05) is 10.6 Å². The molecule has 0 bridgehead atoms. The molecule has 1 aromatic heterocycles. The number of anilines is 2. The second kappa shape index (κ2) is 5.94. The van der Waals surface area contributed by atoms with Gasteiger partial charge in [0.25, 0.3) is 5.95 Å². The number of amides is 2. The second-order valence-electron chi connectivity index (χ2n) is 3.80. The standard InChI is InChI=1S/C10H8Cl2N6O3/c1-18-16-9(15-17-18)14-10(21)13-7-5(8(19)20)2-4(11)3-6(7)12/h2-3H,1H3,(H,19,20)(H2,13,14,16,21). The van der Waals surface area contributed by atoms with E-state index < -0.39 is 12.0 Å². The molecule has 0 spiro atoms. The molecule has 2 aromatic rings. The SMILES string of the molecule is Cn1nnc(NC(=O)Nc2c(Cl)cc(Cl)cc2C(=O)O)n1. The van der Waals surface area contributed by atoms with Gasteiger partial charge < -0.3 is 10.4 Å². The van der Waals surface area contributed by atoms with Crippen molar-refractivity contribution in [3.63, 3.8) is 0 Å². The molecule has 0 unspecified atom stereocenters. The number of halogens is 2. The van der Waals surface area contributed by atoms with Gasteiger partial charge in [-0.25, -0.2) is 9.59 Å². The van der Waals surface area contributed by atoms with Crippen molar-refractivity contribution in [2.24, 2.45) is 7.05 Å². The molecule has 2 amide bonds. The number of nitrogens with one attached hydrogen (secondary N) is 2. The number of carbonyl (C=O) groups excluding carboxylic acids is 1. The predicted molar refractivity (Wildman–Crippen MR) is 74.9 cm³/mol. The predicted octanol–water partition coefficient (Wildman–Crippen LogP) is 1.86. The molecule has 0 saturated carbocycles. The third-order valence-corrected chi connectivity index (χ3v) is 2.77. The van der Waals surface area contributed by atoms with Crippen molar-refractivity contribution < 1.29 is 14.7 Å². The van der Waals surface area contributed by atoms with E-state index in [4.69, 9.17) is 28.3 Å². The summed E-state index contributed by atoms with van der Waals surface area (Å²) in [7, 11) is 1.52. The van der Waals surface area contributed by atoms with Crippen LogP contribution in [0.25, 0.3) is 0 Å². The number of urea groups is 1. The zero-order chi connectivity index (χ0) is 15.6. The van der Waals surface area contributed by atoms with E-state index in [9.17, 15) is 9.59 Å². The zero-order valence-electron chi connectivity index (χ0n) is 10.5. The fourth-order valence-electron chi connectivity index (χ4n) is 1.45. The van der Waals surface area contributed by atoms with E-state index in [-0.39, 0.29) is 27.2 Å². The summed E-state index contributed by atoms with van der Waals surface area (Å²) in [5.74, 6) is -1.33. The molecule has 0 aliphatic carbocycles. The minimum atomic E-state index is -1.28. The van der Waals surface area contributed by atoms with Gasteiger partial charge in [-0.05, 0) is 17.3 Å². The zero-order valence-corrected chi connectivity index (χ0v) is 12.0. The van der Waals surface area contributed by atoms with Gasteiger partial charge in [-0.3, -0.25) is 5.32 Å². The minimum absolute atomic E-state index is 0.0119. The maximum atomic E-state index is 11.8. The summed E-state index contributed by atoms with van der Waals surface area (Å²) in [6.45, 7) is 0. The summed E-state index contributed by atoms with van der Waals surface area (Å²) in [6, 6.07) is 1.72. The summed E-state index contributed by atoms with van der Waals surface area (Å²) < 4.78 is 0. The van der Waals surface area contributed by atoms with Crippen LogP contribution in [0.15, 0.2) is 12.1 Å². The lowest BCUT2D eigenvalue weighted by atomic mass is 10.2. The van der Waals surface area contributed by atoms with Crippen LogP contribution in [0.2, 0.25) is 10.0 Å². The number of aromatic carboxylic acids is 1. The number of tetrazole rings is 1. The van der Waals surface area contributed by atoms with Crippen LogP contribution in [0, 0.1) is 0 Å². The summed E-state index contributed by atoms with van der Waals surface area (Å²) in [6.07, 6.45) is 0. The molecule has 9 nitrogen and oxygen atoms in total. The van der Waals surface area contributed by atoms with Crippen molar-refractivity contribution in [3.8, 4) is 0 Å². The van der Waals surface area contributed by atoms with Crippen LogP contribution in [0.3, 0.4) is 0 Å². The summed E-state index contributed by atoms with van der Waals surface area (Å²) in [5, 5.41) is 24.6. The van der Waals surface area contributed by atoms with Crippen LogP contribution in [-0.4, -0.2) is 37.3 Å². The van der Waals surface area contributed by atoms with Crippen molar-refractivity contribution in [3.05, 3.63) is 27.7 Å². The topological polar surface area (TPSA) is 122 Å². The maximum absolute atomic E-state index is 11.8. The van der Waals surface area contributed by atoms with Gasteiger partial charge in [0.2, 0.25) is 0 Å². The third-order valence-electron chi connectivity index (χ3n) is 2.26. The smallest absolute Gasteiger partial charge is 0.337 e. The van der Waals surface area contributed by atoms with Gasteiger partial charge in [0.1, 0.15) is 0 Å². The Morgan fingerprint density at radius 2 is 2.00 bits per heavy atom. The van der Waals surface area contributed by atoms with Crippen LogP contribution >= 0.6 is 23.2 Å². The highest BCUT2D eigenvalue weighted by Crippen LogP contribution is 2.30. The van der Waals surface area contributed by atoms with Crippen molar-refractivity contribution >= 4 is 46.8 Å². The van der Waals surface area contributed by atoms with Gasteiger partial charge in [0.05, 0.1) is 23.3 Å². The normalized spacial score (nSPS) is 10.2. The van der Waals surface area contributed by atoms with E-state index in [0.717, 1.165) is 4.80 Å².